The number of aryl methyl sites for hydroxylation is 3. The minimum Gasteiger partial charge on any atom is -0.494 e. The summed E-state index contributed by atoms with van der Waals surface area (Å²) in [6, 6.07) is 5.31. The molecule has 2 atom stereocenters. The van der Waals surface area contributed by atoms with Crippen molar-refractivity contribution in [1.29, 1.82) is 0 Å². The number of pyridine rings is 1. The summed E-state index contributed by atoms with van der Waals surface area (Å²) in [7, 11) is -1.32. The summed E-state index contributed by atoms with van der Waals surface area (Å²) in [6.45, 7) is 12.5. The Bertz CT molecular complexity index is 3280. The maximum absolute atomic E-state index is 13.7. The lowest BCUT2D eigenvalue weighted by molar-refractivity contribution is -0.139. The lowest BCUT2D eigenvalue weighted by atomic mass is 10.1. The summed E-state index contributed by atoms with van der Waals surface area (Å²) in [5.74, 6) is -3.85. The van der Waals surface area contributed by atoms with Gasteiger partial charge in [-0.2, -0.15) is 4.72 Å². The summed E-state index contributed by atoms with van der Waals surface area (Å²) >= 11 is 0. The number of sulfonamides is 1. The van der Waals surface area contributed by atoms with Crippen LogP contribution in [0, 0.1) is 13.8 Å². The third-order valence-electron chi connectivity index (χ3n) is 15.4. The zero-order valence-electron chi connectivity index (χ0n) is 54.9. The molecule has 1 fully saturated rings. The van der Waals surface area contributed by atoms with Crippen molar-refractivity contribution in [3.05, 3.63) is 81.4 Å². The van der Waals surface area contributed by atoms with Crippen LogP contribution in [0.1, 0.15) is 72.5 Å². The zero-order chi connectivity index (χ0) is 69.1. The van der Waals surface area contributed by atoms with E-state index in [2.05, 4.69) is 51.5 Å². The van der Waals surface area contributed by atoms with Crippen LogP contribution < -0.4 is 46.8 Å². The molecule has 2 aromatic heterocycles. The second kappa shape index (κ2) is 41.6. The number of aromatic amines is 1. The van der Waals surface area contributed by atoms with Gasteiger partial charge in [0.2, 0.25) is 39.1 Å². The number of carbonyl (C=O) groups is 8. The van der Waals surface area contributed by atoms with Crippen molar-refractivity contribution in [2.24, 2.45) is 7.05 Å². The Balaban J connectivity index is 0.911. The lowest BCUT2D eigenvalue weighted by Gasteiger charge is -2.33. The first-order valence-corrected chi connectivity index (χ1v) is 33.2. The highest BCUT2D eigenvalue weighted by Gasteiger charge is 2.30. The predicted octanol–water partition coefficient (Wildman–Crippen LogP) is -0.659. The molecule has 4 aromatic rings. The molecule has 5 rings (SSSR count). The number of carboxylic acid groups (broad SMARTS) is 2. The van der Waals surface area contributed by atoms with Gasteiger partial charge in [0.25, 0.3) is 12.4 Å². The van der Waals surface area contributed by atoms with Crippen LogP contribution in [-0.4, -0.2) is 264 Å². The summed E-state index contributed by atoms with van der Waals surface area (Å²) in [4.78, 5) is 128. The van der Waals surface area contributed by atoms with Crippen molar-refractivity contribution in [2.75, 3.05) is 157 Å². The number of imidazole rings is 1. The number of aromatic nitrogens is 3. The van der Waals surface area contributed by atoms with Crippen molar-refractivity contribution in [3.8, 4) is 5.75 Å². The Morgan fingerprint density at radius 3 is 1.96 bits per heavy atom. The van der Waals surface area contributed by atoms with Crippen LogP contribution in [0.2, 0.25) is 0 Å². The molecule has 10 N–H and O–H groups in total. The third-order valence-corrected chi connectivity index (χ3v) is 17.1. The molecule has 3 heterocycles. The molecule has 33 heteroatoms. The van der Waals surface area contributed by atoms with Gasteiger partial charge in [0, 0.05) is 143 Å². The zero-order valence-corrected chi connectivity index (χ0v) is 55.7. The van der Waals surface area contributed by atoms with Gasteiger partial charge in [0.05, 0.1) is 56.5 Å². The fourth-order valence-corrected chi connectivity index (χ4v) is 11.9. The highest BCUT2D eigenvalue weighted by atomic mass is 32.2. The number of hydrogen-bond donors (Lipinski definition) is 10. The number of benzene rings is 2. The maximum Gasteiger partial charge on any atom is 0.323 e. The molecule has 2 aromatic carbocycles. The summed E-state index contributed by atoms with van der Waals surface area (Å²) in [6.07, 6.45) is 6.25. The van der Waals surface area contributed by atoms with E-state index in [1.165, 1.54) is 39.2 Å². The molecule has 1 unspecified atom stereocenters. The van der Waals surface area contributed by atoms with Crippen molar-refractivity contribution in [2.45, 2.75) is 82.8 Å². The average Bonchev–Trinajstić information content (AvgIpc) is 1.05. The Morgan fingerprint density at radius 2 is 1.36 bits per heavy atom. The van der Waals surface area contributed by atoms with E-state index in [4.69, 9.17) is 23.7 Å². The minimum atomic E-state index is -4.47. The molecule has 32 nitrogen and oxygen atoms in total. The standard InChI is InChI=1S/C62H94N14O18S/c1-6-73-19-21-74(22-23-75(41-56(81)82)24-26-76(25-20-73)42-93-43-77)40-55(80)70-50(13-14-53(78)63-4)60(85)65-16-9-28-91-31-33-92-32-30-90-27-8-15-64-54(79)10-7-29-94-47-34-44(2)58(45(3)35-47)95(88,89)71-51(61(86)87)38-68-59(84)49-39-72(5)52-36-46(11-12-48(52)57(49)83)37-69-62-66-17-18-67-62/h11-12,17-18,34-36,39,43,50-51,71H,6-10,13-16,19-33,37-38,40-42H2,1-5H3,(H,63,78)(H,64,79)(H,65,85)(H,68,84)(H,70,80)(H,81,82)(H,86,87)(H2,66,67,69)/t50-,51?/m1/s1. The Morgan fingerprint density at radius 1 is 0.737 bits per heavy atom. The predicted molar refractivity (Wildman–Crippen MR) is 349 cm³/mol. The molecule has 0 radical (unpaired) electrons. The van der Waals surface area contributed by atoms with Crippen LogP contribution in [0.4, 0.5) is 5.95 Å². The number of nitrogens with zero attached hydrogens (tertiary/aromatic N) is 6. The molecule has 0 saturated carbocycles. The van der Waals surface area contributed by atoms with Gasteiger partial charge in [0.15, 0.2) is 5.95 Å². The number of likely N-dealkylation sites (N-methyl/N-ethyl adjacent to an activating group) is 1. The summed E-state index contributed by atoms with van der Waals surface area (Å²) in [5, 5.41) is 36.4. The molecule has 1 saturated heterocycles. The van der Waals surface area contributed by atoms with E-state index in [9.17, 15) is 61.8 Å². The number of amides is 5. The van der Waals surface area contributed by atoms with Crippen LogP contribution in [0.15, 0.2) is 58.6 Å². The van der Waals surface area contributed by atoms with E-state index < -0.39 is 63.7 Å². The van der Waals surface area contributed by atoms with Crippen molar-refractivity contribution in [1.82, 2.24) is 65.4 Å². The van der Waals surface area contributed by atoms with Crippen LogP contribution in [-0.2, 0) is 76.1 Å². The van der Waals surface area contributed by atoms with Gasteiger partial charge in [-0.15, -0.1) is 0 Å². The number of H-pyrrole nitrogens is 1. The van der Waals surface area contributed by atoms with Crippen LogP contribution in [0.3, 0.4) is 0 Å². The van der Waals surface area contributed by atoms with Gasteiger partial charge in [-0.3, -0.25) is 57.9 Å². The van der Waals surface area contributed by atoms with Gasteiger partial charge in [-0.25, -0.2) is 13.4 Å². The van der Waals surface area contributed by atoms with Crippen molar-refractivity contribution >= 4 is 74.8 Å². The second-order valence-electron chi connectivity index (χ2n) is 22.6. The number of fused-ring (bicyclic) bond motifs is 1. The monoisotopic (exact) mass is 1350 g/mol. The number of anilines is 1. The first-order chi connectivity index (χ1) is 45.6. The molecule has 0 bridgehead atoms. The Labute approximate surface area is 552 Å². The number of carboxylic acids is 2. The van der Waals surface area contributed by atoms with Gasteiger partial charge >= 0.3 is 11.9 Å². The van der Waals surface area contributed by atoms with E-state index in [0.717, 1.165) is 12.1 Å². The van der Waals surface area contributed by atoms with Crippen molar-refractivity contribution in [3.63, 3.8) is 0 Å². The molecular formula is C62H94N14O18S. The normalized spacial score (nSPS) is 14.5. The summed E-state index contributed by atoms with van der Waals surface area (Å²) < 4.78 is 58.7. The van der Waals surface area contributed by atoms with Gasteiger partial charge in [-0.05, 0) is 87.0 Å². The number of hydrogen-bond acceptors (Lipinski definition) is 22. The largest absolute Gasteiger partial charge is 0.494 e. The van der Waals surface area contributed by atoms with Gasteiger partial charge in [-0.1, -0.05) is 13.0 Å². The molecule has 1 aliphatic heterocycles. The first-order valence-electron chi connectivity index (χ1n) is 31.7. The van der Waals surface area contributed by atoms with Crippen LogP contribution in [0.25, 0.3) is 10.9 Å². The highest BCUT2D eigenvalue weighted by Crippen LogP contribution is 2.26. The molecule has 0 aliphatic carbocycles. The fourth-order valence-electron chi connectivity index (χ4n) is 10.2. The average molecular weight is 1360 g/mol. The highest BCUT2D eigenvalue weighted by molar-refractivity contribution is 7.89. The minimum absolute atomic E-state index is 0.00736. The van der Waals surface area contributed by atoms with E-state index >= 15 is 0 Å². The number of ether oxygens (including phenoxy) is 5. The number of nitrogens with one attached hydrogen (secondary N) is 8. The molecule has 5 amide bonds. The smallest absolute Gasteiger partial charge is 0.323 e. The molecule has 0 spiro atoms. The topological polar surface area (TPSA) is 405 Å². The fraction of sp³-hybridized carbons (Fsp3) is 0.581. The van der Waals surface area contributed by atoms with E-state index in [1.807, 2.05) is 16.7 Å². The Hall–Kier alpha value is -8.15. The number of aliphatic carboxylic acids is 2. The van der Waals surface area contributed by atoms with Gasteiger partial charge in [0.1, 0.15) is 30.1 Å². The van der Waals surface area contributed by atoms with Crippen molar-refractivity contribution < 1.29 is 80.7 Å². The summed E-state index contributed by atoms with van der Waals surface area (Å²) in [5.41, 5.74) is 1.07. The SMILES string of the molecule is CCN1CCN(COC=O)CCN(CC(=O)O)CCN(CC(=O)N[C@H](CCC(=O)NC)C(=O)NCCCOCCOCCOCCCNC(=O)CCCOc2cc(C)c(S(=O)(=O)NC(CNC(=O)c3cn(C)c4cc(CNc5ncc[nH]5)ccc4c3=O)C(=O)O)c(C)c2)CC1. The van der Waals surface area contributed by atoms with Gasteiger partial charge < -0.3 is 80.2 Å². The lowest BCUT2D eigenvalue weighted by Crippen LogP contribution is -2.52. The molecule has 526 valence electrons. The quantitative estimate of drug-likeness (QED) is 0.0194. The van der Waals surface area contributed by atoms with Crippen LogP contribution >= 0.6 is 0 Å². The van der Waals surface area contributed by atoms with Crippen LogP contribution in [0.5, 0.6) is 5.75 Å². The number of carbonyl (C=O) groups excluding carboxylic acids is 6. The first kappa shape index (κ1) is 77.6. The molecule has 1 aliphatic rings. The second-order valence-corrected chi connectivity index (χ2v) is 24.2. The van der Waals surface area contributed by atoms with E-state index in [1.54, 1.807) is 47.1 Å². The Kier molecular flexibility index (Phi) is 34.0. The molecular weight excluding hydrogens is 1260 g/mol. The third kappa shape index (κ3) is 28.0. The van der Waals surface area contributed by atoms with E-state index in [0.29, 0.717) is 148 Å². The molecule has 95 heavy (non-hydrogen) atoms. The number of rotatable bonds is 42. The van der Waals surface area contributed by atoms with E-state index in [-0.39, 0.29) is 91.0 Å². The maximum atomic E-state index is 13.7.